The third-order valence-electron chi connectivity index (χ3n) is 5.61. The van der Waals surface area contributed by atoms with Crippen molar-refractivity contribution in [2.24, 2.45) is 0 Å². The van der Waals surface area contributed by atoms with E-state index in [0.717, 1.165) is 12.1 Å². The Labute approximate surface area is 173 Å². The van der Waals surface area contributed by atoms with Crippen LogP contribution in [0, 0.1) is 5.82 Å². The van der Waals surface area contributed by atoms with Crippen LogP contribution in [-0.2, 0) is 17.8 Å². The average molecular weight is 401 g/mol. The van der Waals surface area contributed by atoms with Gasteiger partial charge in [0.05, 0.1) is 19.3 Å². The summed E-state index contributed by atoms with van der Waals surface area (Å²) in [6, 6.07) is 11.4. The molecule has 0 amide bonds. The highest BCUT2D eigenvalue weighted by Gasteiger charge is 2.24. The molecular weight excluding hydrogens is 367 g/mol. The van der Waals surface area contributed by atoms with Gasteiger partial charge in [-0.3, -0.25) is 4.90 Å². The van der Waals surface area contributed by atoms with Gasteiger partial charge in [-0.1, -0.05) is 37.5 Å². The molecule has 2 aromatic rings. The molecule has 4 nitrogen and oxygen atoms in total. The number of aromatic nitrogens is 1. The summed E-state index contributed by atoms with van der Waals surface area (Å²) in [5.41, 5.74) is 2.13. The van der Waals surface area contributed by atoms with E-state index in [0.29, 0.717) is 32.3 Å². The molecule has 1 aromatic carbocycles. The maximum absolute atomic E-state index is 13.6. The minimum atomic E-state index is -0.525. The Morgan fingerprint density at radius 2 is 2.07 bits per heavy atom. The lowest BCUT2D eigenvalue weighted by Crippen LogP contribution is -2.42. The third kappa shape index (κ3) is 6.81. The van der Waals surface area contributed by atoms with Gasteiger partial charge >= 0.3 is 0 Å². The van der Waals surface area contributed by atoms with Crippen LogP contribution in [0.1, 0.15) is 43.4 Å². The van der Waals surface area contributed by atoms with Crippen molar-refractivity contribution in [2.45, 2.75) is 57.3 Å². The quantitative estimate of drug-likeness (QED) is 0.449. The van der Waals surface area contributed by atoms with Crippen LogP contribution in [0.2, 0.25) is 0 Å². The molecule has 1 aliphatic carbocycles. The van der Waals surface area contributed by atoms with E-state index in [-0.39, 0.29) is 5.82 Å². The Kier molecular flexibility index (Phi) is 8.47. The Bertz CT molecular complexity index is 755. The van der Waals surface area contributed by atoms with Gasteiger partial charge in [0.15, 0.2) is 0 Å². The van der Waals surface area contributed by atoms with Crippen molar-refractivity contribution in [1.29, 1.82) is 0 Å². The molecule has 5 heteroatoms. The van der Waals surface area contributed by atoms with Crippen molar-refractivity contribution < 1.29 is 14.2 Å². The summed E-state index contributed by atoms with van der Waals surface area (Å²) in [5.74, 6) is -0.206. The van der Waals surface area contributed by atoms with Crippen molar-refractivity contribution in [3.63, 3.8) is 0 Å². The highest BCUT2D eigenvalue weighted by Crippen LogP contribution is 2.25. The molecular formula is C24H33FN2O2. The molecule has 1 aromatic heterocycles. The molecule has 0 spiro atoms. The summed E-state index contributed by atoms with van der Waals surface area (Å²) in [6.45, 7) is 6.42. The van der Waals surface area contributed by atoms with Crippen LogP contribution in [0.5, 0.6) is 0 Å². The monoisotopic (exact) mass is 400 g/mol. The van der Waals surface area contributed by atoms with E-state index in [9.17, 15) is 9.50 Å². The number of hydrogen-bond acceptors (Lipinski definition) is 3. The zero-order chi connectivity index (χ0) is 20.5. The Morgan fingerprint density at radius 3 is 2.83 bits per heavy atom. The summed E-state index contributed by atoms with van der Waals surface area (Å²) < 4.78 is 21.2. The molecule has 29 heavy (non-hydrogen) atoms. The van der Waals surface area contributed by atoms with Crippen LogP contribution in [-0.4, -0.2) is 46.5 Å². The van der Waals surface area contributed by atoms with E-state index in [4.69, 9.17) is 4.74 Å². The van der Waals surface area contributed by atoms with Gasteiger partial charge in [0.25, 0.3) is 0 Å². The normalized spacial score (nSPS) is 16.2. The number of aliphatic hydroxyl groups is 1. The first-order chi connectivity index (χ1) is 14.2. The molecule has 0 unspecified atom stereocenters. The summed E-state index contributed by atoms with van der Waals surface area (Å²) >= 11 is 0. The molecule has 158 valence electrons. The van der Waals surface area contributed by atoms with Crippen LogP contribution >= 0.6 is 0 Å². The first kappa shape index (κ1) is 21.8. The lowest BCUT2D eigenvalue weighted by atomic mass is 9.94. The van der Waals surface area contributed by atoms with Crippen molar-refractivity contribution >= 4 is 0 Å². The van der Waals surface area contributed by atoms with E-state index in [1.54, 1.807) is 18.2 Å². The van der Waals surface area contributed by atoms with Gasteiger partial charge in [-0.05, 0) is 42.7 Å². The third-order valence-corrected chi connectivity index (χ3v) is 5.61. The number of aliphatic hydroxyl groups excluding tert-OH is 1. The van der Waals surface area contributed by atoms with Gasteiger partial charge in [-0.15, -0.1) is 6.58 Å². The summed E-state index contributed by atoms with van der Waals surface area (Å²) in [6.07, 6.45) is 9.35. The zero-order valence-corrected chi connectivity index (χ0v) is 17.2. The van der Waals surface area contributed by atoms with E-state index >= 15 is 0 Å². The number of rotatable bonds is 11. The second-order valence-corrected chi connectivity index (χ2v) is 7.96. The van der Waals surface area contributed by atoms with Crippen molar-refractivity contribution in [2.75, 3.05) is 19.8 Å². The number of halogens is 1. The maximum Gasteiger partial charge on any atom is 0.123 e. The molecule has 1 saturated carbocycles. The fourth-order valence-electron chi connectivity index (χ4n) is 4.19. The van der Waals surface area contributed by atoms with Crippen LogP contribution in [0.15, 0.2) is 55.3 Å². The summed E-state index contributed by atoms with van der Waals surface area (Å²) in [5, 5.41) is 10.5. The number of ether oxygens (including phenoxy) is 1. The van der Waals surface area contributed by atoms with Crippen LogP contribution < -0.4 is 0 Å². The number of nitrogens with zero attached hydrogens (tertiary/aromatic N) is 2. The molecule has 1 fully saturated rings. The first-order valence-electron chi connectivity index (χ1n) is 10.6. The van der Waals surface area contributed by atoms with Gasteiger partial charge in [-0.25, -0.2) is 4.39 Å². The number of hydrogen-bond donors (Lipinski definition) is 1. The molecule has 1 atom stereocenters. The van der Waals surface area contributed by atoms with Gasteiger partial charge in [0.2, 0.25) is 0 Å². The largest absolute Gasteiger partial charge is 0.389 e. The molecule has 1 heterocycles. The smallest absolute Gasteiger partial charge is 0.123 e. The van der Waals surface area contributed by atoms with E-state index in [2.05, 4.69) is 22.1 Å². The van der Waals surface area contributed by atoms with Crippen LogP contribution in [0.3, 0.4) is 0 Å². The maximum atomic E-state index is 13.6. The molecule has 0 radical (unpaired) electrons. The predicted molar refractivity (Wildman–Crippen MR) is 114 cm³/mol. The van der Waals surface area contributed by atoms with Crippen molar-refractivity contribution in [3.8, 4) is 0 Å². The molecule has 1 N–H and O–H groups in total. The highest BCUT2D eigenvalue weighted by atomic mass is 19.1. The minimum Gasteiger partial charge on any atom is -0.389 e. The van der Waals surface area contributed by atoms with E-state index in [1.807, 2.05) is 18.3 Å². The van der Waals surface area contributed by atoms with Gasteiger partial charge in [0, 0.05) is 37.6 Å². The second-order valence-electron chi connectivity index (χ2n) is 7.96. The fraction of sp³-hybridized carbons (Fsp3) is 0.500. The van der Waals surface area contributed by atoms with Crippen molar-refractivity contribution in [1.82, 2.24) is 9.47 Å². The molecule has 1 aliphatic rings. The Morgan fingerprint density at radius 1 is 1.24 bits per heavy atom. The SMILES string of the molecule is C=CCOC[C@H](O)CN(Cc1cccn1Cc1cccc(F)c1)C1CCCCC1. The second kappa shape index (κ2) is 11.3. The van der Waals surface area contributed by atoms with Crippen molar-refractivity contribution in [3.05, 3.63) is 72.3 Å². The van der Waals surface area contributed by atoms with Gasteiger partial charge in [0.1, 0.15) is 5.82 Å². The zero-order valence-electron chi connectivity index (χ0n) is 17.2. The minimum absolute atomic E-state index is 0.206. The fourth-order valence-corrected chi connectivity index (χ4v) is 4.19. The predicted octanol–water partition coefficient (Wildman–Crippen LogP) is 4.37. The Balaban J connectivity index is 1.68. The van der Waals surface area contributed by atoms with E-state index < -0.39 is 6.10 Å². The average Bonchev–Trinajstić information content (AvgIpc) is 3.15. The van der Waals surface area contributed by atoms with Gasteiger partial charge < -0.3 is 14.4 Å². The number of benzene rings is 1. The molecule has 0 aliphatic heterocycles. The highest BCUT2D eigenvalue weighted by molar-refractivity contribution is 5.19. The van der Waals surface area contributed by atoms with Crippen LogP contribution in [0.25, 0.3) is 0 Å². The Hall–Kier alpha value is -1.95. The lowest BCUT2D eigenvalue weighted by Gasteiger charge is -2.35. The summed E-state index contributed by atoms with van der Waals surface area (Å²) in [7, 11) is 0. The van der Waals surface area contributed by atoms with E-state index in [1.165, 1.54) is 43.9 Å². The topological polar surface area (TPSA) is 37.6 Å². The lowest BCUT2D eigenvalue weighted by molar-refractivity contribution is 0.00891. The summed E-state index contributed by atoms with van der Waals surface area (Å²) in [4.78, 5) is 2.40. The van der Waals surface area contributed by atoms with Gasteiger partial charge in [-0.2, -0.15) is 0 Å². The van der Waals surface area contributed by atoms with Crippen LogP contribution in [0.4, 0.5) is 4.39 Å². The molecule has 3 rings (SSSR count). The molecule has 0 bridgehead atoms. The first-order valence-corrected chi connectivity index (χ1v) is 10.6. The molecule has 0 saturated heterocycles. The standard InChI is InChI=1S/C24H33FN2O2/c1-2-14-29-19-24(28)18-27(22-10-4-3-5-11-22)17-23-12-7-13-26(23)16-20-8-6-9-21(25)15-20/h2,6-9,12-13,15,22,24,28H,1,3-5,10-11,14,16-19H2/t24-/m1/s1.